The Balaban J connectivity index is 1.89. The third kappa shape index (κ3) is 5.52. The van der Waals surface area contributed by atoms with E-state index in [9.17, 15) is 13.2 Å². The van der Waals surface area contributed by atoms with Crippen LogP contribution in [-0.4, -0.2) is 30.8 Å². The summed E-state index contributed by atoms with van der Waals surface area (Å²) >= 11 is 0. The Morgan fingerprint density at radius 3 is 2.29 bits per heavy atom. The molecular formula is C23H27N3O4S. The Hall–Kier alpha value is -3.13. The highest BCUT2D eigenvalue weighted by Crippen LogP contribution is 2.29. The highest BCUT2D eigenvalue weighted by atomic mass is 32.2. The quantitative estimate of drug-likeness (QED) is 0.555. The molecule has 2 aromatic carbocycles. The lowest BCUT2D eigenvalue weighted by atomic mass is 9.92. The molecule has 0 radical (unpaired) electrons. The molecule has 3 aromatic rings. The molecule has 0 bridgehead atoms. The molecule has 31 heavy (non-hydrogen) atoms. The molecule has 7 nitrogen and oxygen atoms in total. The maximum atomic E-state index is 13.2. The van der Waals surface area contributed by atoms with Crippen LogP contribution < -0.4 is 4.72 Å². The Morgan fingerprint density at radius 2 is 1.71 bits per heavy atom. The van der Waals surface area contributed by atoms with Crippen LogP contribution in [0, 0.1) is 0 Å². The average Bonchev–Trinajstić information content (AvgIpc) is 3.15. The largest absolute Gasteiger partial charge is 0.462 e. The SMILES string of the molecule is CCOC(=O)c1ccc(NS(=O)(=O)c2cn(Cc3ccccc3)nc2C(C)(C)C)cc1. The van der Waals surface area contributed by atoms with E-state index < -0.39 is 21.4 Å². The second-order valence-electron chi connectivity index (χ2n) is 8.18. The van der Waals surface area contributed by atoms with E-state index in [2.05, 4.69) is 9.82 Å². The predicted octanol–water partition coefficient (Wildman–Crippen LogP) is 4.21. The zero-order valence-corrected chi connectivity index (χ0v) is 18.9. The van der Waals surface area contributed by atoms with E-state index in [1.807, 2.05) is 51.1 Å². The number of hydrogen-bond donors (Lipinski definition) is 1. The van der Waals surface area contributed by atoms with E-state index in [0.717, 1.165) is 5.56 Å². The van der Waals surface area contributed by atoms with Gasteiger partial charge in [0.05, 0.1) is 24.4 Å². The Bertz CT molecular complexity index is 1150. The van der Waals surface area contributed by atoms with Crippen molar-refractivity contribution in [3.05, 3.63) is 77.6 Å². The van der Waals surface area contributed by atoms with Crippen LogP contribution in [-0.2, 0) is 26.7 Å². The van der Waals surface area contributed by atoms with Crippen molar-refractivity contribution < 1.29 is 17.9 Å². The fraction of sp³-hybridized carbons (Fsp3) is 0.304. The van der Waals surface area contributed by atoms with Crippen LogP contribution in [0.3, 0.4) is 0 Å². The van der Waals surface area contributed by atoms with Crippen molar-refractivity contribution in [1.29, 1.82) is 0 Å². The van der Waals surface area contributed by atoms with Crippen molar-refractivity contribution in [3.63, 3.8) is 0 Å². The molecule has 0 aliphatic heterocycles. The second kappa shape index (κ2) is 8.93. The second-order valence-corrected chi connectivity index (χ2v) is 9.83. The molecule has 164 valence electrons. The number of rotatable bonds is 7. The first-order valence-electron chi connectivity index (χ1n) is 10.0. The molecule has 1 heterocycles. The summed E-state index contributed by atoms with van der Waals surface area (Å²) in [5, 5.41) is 4.58. The van der Waals surface area contributed by atoms with Gasteiger partial charge in [0.1, 0.15) is 4.90 Å². The monoisotopic (exact) mass is 441 g/mol. The van der Waals surface area contributed by atoms with Gasteiger partial charge >= 0.3 is 5.97 Å². The molecule has 3 rings (SSSR count). The van der Waals surface area contributed by atoms with Crippen LogP contribution in [0.15, 0.2) is 65.7 Å². The number of nitrogens with zero attached hydrogens (tertiary/aromatic N) is 2. The summed E-state index contributed by atoms with van der Waals surface area (Å²) in [6, 6.07) is 15.9. The summed E-state index contributed by atoms with van der Waals surface area (Å²) in [6.45, 7) is 8.24. The molecule has 8 heteroatoms. The van der Waals surface area contributed by atoms with E-state index in [-0.39, 0.29) is 11.5 Å². The maximum Gasteiger partial charge on any atom is 0.338 e. The van der Waals surface area contributed by atoms with E-state index in [1.165, 1.54) is 24.3 Å². The van der Waals surface area contributed by atoms with E-state index in [0.29, 0.717) is 23.5 Å². The highest BCUT2D eigenvalue weighted by Gasteiger charge is 2.30. The summed E-state index contributed by atoms with van der Waals surface area (Å²) in [5.41, 5.74) is 1.75. The zero-order chi connectivity index (χ0) is 22.6. The lowest BCUT2D eigenvalue weighted by molar-refractivity contribution is 0.0526. The summed E-state index contributed by atoms with van der Waals surface area (Å²) in [4.78, 5) is 11.9. The van der Waals surface area contributed by atoms with Crippen molar-refractivity contribution in [2.24, 2.45) is 0 Å². The van der Waals surface area contributed by atoms with Crippen molar-refractivity contribution in [3.8, 4) is 0 Å². The lowest BCUT2D eigenvalue weighted by Gasteiger charge is -2.18. The molecule has 0 spiro atoms. The smallest absolute Gasteiger partial charge is 0.338 e. The molecule has 0 amide bonds. The third-order valence-electron chi connectivity index (χ3n) is 4.56. The number of carbonyl (C=O) groups excluding carboxylic acids is 1. The normalized spacial score (nSPS) is 11.9. The number of ether oxygens (including phenoxy) is 1. The molecule has 0 aliphatic rings. The van der Waals surface area contributed by atoms with Gasteiger partial charge in [-0.15, -0.1) is 0 Å². The molecule has 0 saturated carbocycles. The lowest BCUT2D eigenvalue weighted by Crippen LogP contribution is -2.20. The van der Waals surface area contributed by atoms with Gasteiger partial charge < -0.3 is 4.74 Å². The van der Waals surface area contributed by atoms with Gasteiger partial charge in [-0.2, -0.15) is 5.10 Å². The minimum absolute atomic E-state index is 0.130. The molecule has 1 N–H and O–H groups in total. The molecule has 1 aromatic heterocycles. The minimum Gasteiger partial charge on any atom is -0.462 e. The zero-order valence-electron chi connectivity index (χ0n) is 18.1. The molecular weight excluding hydrogens is 414 g/mol. The first-order valence-corrected chi connectivity index (χ1v) is 11.5. The van der Waals surface area contributed by atoms with Crippen molar-refractivity contribution in [2.45, 2.75) is 44.6 Å². The minimum atomic E-state index is -3.89. The first kappa shape index (κ1) is 22.6. The number of sulfonamides is 1. The van der Waals surface area contributed by atoms with Gasteiger partial charge in [-0.25, -0.2) is 13.2 Å². The van der Waals surface area contributed by atoms with Crippen LogP contribution in [0.1, 0.15) is 49.3 Å². The molecule has 0 atom stereocenters. The van der Waals surface area contributed by atoms with E-state index in [1.54, 1.807) is 17.8 Å². The Labute approximate surface area is 183 Å². The third-order valence-corrected chi connectivity index (χ3v) is 5.95. The summed E-state index contributed by atoms with van der Waals surface area (Å²) < 4.78 is 35.6. The fourth-order valence-corrected chi connectivity index (χ4v) is 4.49. The van der Waals surface area contributed by atoms with Gasteiger partial charge in [0.25, 0.3) is 10.0 Å². The summed E-state index contributed by atoms with van der Waals surface area (Å²) in [5.74, 6) is -0.450. The molecule has 0 fully saturated rings. The van der Waals surface area contributed by atoms with Crippen LogP contribution in [0.25, 0.3) is 0 Å². The number of carbonyl (C=O) groups is 1. The van der Waals surface area contributed by atoms with Crippen LogP contribution in [0.4, 0.5) is 5.69 Å². The number of esters is 1. The van der Waals surface area contributed by atoms with Crippen molar-refractivity contribution >= 4 is 21.7 Å². The van der Waals surface area contributed by atoms with Crippen LogP contribution in [0.5, 0.6) is 0 Å². The summed E-state index contributed by atoms with van der Waals surface area (Å²) in [7, 11) is -3.89. The van der Waals surface area contributed by atoms with Gasteiger partial charge in [0.15, 0.2) is 0 Å². The number of aromatic nitrogens is 2. The average molecular weight is 442 g/mol. The number of nitrogens with one attached hydrogen (secondary N) is 1. The topological polar surface area (TPSA) is 90.3 Å². The van der Waals surface area contributed by atoms with Gasteiger partial charge in [-0.1, -0.05) is 51.1 Å². The predicted molar refractivity (Wildman–Crippen MR) is 120 cm³/mol. The number of hydrogen-bond acceptors (Lipinski definition) is 5. The first-order chi connectivity index (χ1) is 14.6. The van der Waals surface area contributed by atoms with E-state index >= 15 is 0 Å². The fourth-order valence-electron chi connectivity index (χ4n) is 3.07. The van der Waals surface area contributed by atoms with Gasteiger partial charge in [-0.3, -0.25) is 9.40 Å². The van der Waals surface area contributed by atoms with Gasteiger partial charge in [0.2, 0.25) is 0 Å². The molecule has 0 unspecified atom stereocenters. The Kier molecular flexibility index (Phi) is 6.50. The van der Waals surface area contributed by atoms with Crippen molar-refractivity contribution in [2.75, 3.05) is 11.3 Å². The van der Waals surface area contributed by atoms with Gasteiger partial charge in [0, 0.05) is 17.3 Å². The number of benzene rings is 2. The van der Waals surface area contributed by atoms with Crippen LogP contribution >= 0.6 is 0 Å². The van der Waals surface area contributed by atoms with Crippen LogP contribution in [0.2, 0.25) is 0 Å². The summed E-state index contributed by atoms with van der Waals surface area (Å²) in [6.07, 6.45) is 1.56. The van der Waals surface area contributed by atoms with Crippen molar-refractivity contribution in [1.82, 2.24) is 9.78 Å². The van der Waals surface area contributed by atoms with Gasteiger partial charge in [-0.05, 0) is 36.8 Å². The number of anilines is 1. The molecule has 0 saturated heterocycles. The maximum absolute atomic E-state index is 13.2. The standard InChI is InChI=1S/C23H27N3O4S/c1-5-30-22(27)18-11-13-19(14-12-18)25-31(28,29)20-16-26(24-21(20)23(2,3)4)15-17-9-7-6-8-10-17/h6-14,16,25H,5,15H2,1-4H3. The molecule has 0 aliphatic carbocycles. The van der Waals surface area contributed by atoms with E-state index in [4.69, 9.17) is 4.74 Å². The Morgan fingerprint density at radius 1 is 1.06 bits per heavy atom. The highest BCUT2D eigenvalue weighted by molar-refractivity contribution is 7.92.